The summed E-state index contributed by atoms with van der Waals surface area (Å²) in [5.74, 6) is -2.69. The number of nitrogens with two attached hydrogens (primary N) is 2. The zero-order valence-corrected chi connectivity index (χ0v) is 23.9. The monoisotopic (exact) mass is 608 g/mol. The highest BCUT2D eigenvalue weighted by Gasteiger charge is 2.27. The number of rotatable bonds is 13. The van der Waals surface area contributed by atoms with Crippen LogP contribution >= 0.6 is 11.8 Å². The molecule has 16 nitrogen and oxygen atoms in total. The third-order valence-corrected chi connectivity index (χ3v) is 6.85. The SMILES string of the molecule is CN1c2c(nc(N)[nH]c2=O)NCC1CNc1ccc(C(=O)N[C@@H](CCC(=O)O)C(=O)O)cc1.CSCC[C@H](N)C(=O)O. The molecule has 0 fully saturated rings. The van der Waals surface area contributed by atoms with Crippen molar-refractivity contribution in [1.29, 1.82) is 0 Å². The number of likely N-dealkylation sites (N-methyl/N-ethyl adjacent to an activating group) is 1. The average molecular weight is 609 g/mol. The lowest BCUT2D eigenvalue weighted by Gasteiger charge is -2.35. The van der Waals surface area contributed by atoms with Crippen molar-refractivity contribution in [1.82, 2.24) is 15.3 Å². The van der Waals surface area contributed by atoms with Gasteiger partial charge in [0.2, 0.25) is 5.95 Å². The van der Waals surface area contributed by atoms with Crippen LogP contribution in [0.3, 0.4) is 0 Å². The molecule has 1 aromatic heterocycles. The van der Waals surface area contributed by atoms with Crippen LogP contribution in [0.4, 0.5) is 23.1 Å². The molecule has 0 spiro atoms. The Morgan fingerprint density at radius 2 is 1.81 bits per heavy atom. The summed E-state index contributed by atoms with van der Waals surface area (Å²) < 4.78 is 0. The summed E-state index contributed by atoms with van der Waals surface area (Å²) in [6.07, 6.45) is 1.89. The highest BCUT2D eigenvalue weighted by atomic mass is 32.2. The first-order valence-corrected chi connectivity index (χ1v) is 14.2. The zero-order chi connectivity index (χ0) is 31.4. The minimum atomic E-state index is -1.30. The number of hydrogen-bond donors (Lipinski definition) is 9. The standard InChI is InChI=1S/C20H25N7O6.C5H11NO2S/c1-27-12(9-23-16-15(27)18(31)26-20(21)25-16)8-22-11-4-2-10(3-5-11)17(30)24-13(19(32)33)6-7-14(28)29;1-9-3-2-4(6)5(7)8/h2-5,12-13,22H,6-9H2,1H3,(H,24,30)(H,28,29)(H,32,33)(H4,21,23,25,26,31);4H,2-3,6H2,1H3,(H,7,8)/t12?,13-;4-/m00/s1. The number of benzene rings is 1. The van der Waals surface area contributed by atoms with E-state index < -0.39 is 35.9 Å². The van der Waals surface area contributed by atoms with Gasteiger partial charge in [0.05, 0.1) is 6.04 Å². The molecule has 0 radical (unpaired) electrons. The van der Waals surface area contributed by atoms with E-state index in [-0.39, 0.29) is 36.0 Å². The van der Waals surface area contributed by atoms with Gasteiger partial charge in [-0.05, 0) is 49.1 Å². The number of carbonyl (C=O) groups is 4. The Hall–Kier alpha value is -4.51. The van der Waals surface area contributed by atoms with Gasteiger partial charge in [-0.3, -0.25) is 24.2 Å². The van der Waals surface area contributed by atoms with Gasteiger partial charge in [0.1, 0.15) is 17.8 Å². The molecule has 230 valence electrons. The Labute approximate surface area is 245 Å². The highest BCUT2D eigenvalue weighted by molar-refractivity contribution is 7.98. The first kappa shape index (κ1) is 33.7. The average Bonchev–Trinajstić information content (AvgIpc) is 2.93. The smallest absolute Gasteiger partial charge is 0.326 e. The van der Waals surface area contributed by atoms with E-state index in [1.807, 2.05) is 11.2 Å². The van der Waals surface area contributed by atoms with E-state index in [4.69, 9.17) is 21.7 Å². The van der Waals surface area contributed by atoms with E-state index >= 15 is 0 Å². The number of carboxylic acid groups (broad SMARTS) is 3. The molecule has 0 bridgehead atoms. The third-order valence-electron chi connectivity index (χ3n) is 6.21. The van der Waals surface area contributed by atoms with Gasteiger partial charge in [-0.2, -0.15) is 16.7 Å². The number of nitrogens with one attached hydrogen (secondary N) is 4. The molecule has 17 heteroatoms. The van der Waals surface area contributed by atoms with E-state index in [0.29, 0.717) is 31.0 Å². The Morgan fingerprint density at radius 3 is 2.38 bits per heavy atom. The molecule has 3 atom stereocenters. The number of hydrogen-bond acceptors (Lipinski definition) is 12. The molecule has 2 aromatic rings. The van der Waals surface area contributed by atoms with Crippen molar-refractivity contribution in [2.24, 2.45) is 5.73 Å². The molecule has 2 heterocycles. The number of thioether (sulfide) groups is 1. The molecule has 1 aliphatic rings. The zero-order valence-electron chi connectivity index (χ0n) is 23.1. The van der Waals surface area contributed by atoms with E-state index in [1.165, 1.54) is 12.1 Å². The Balaban J connectivity index is 0.000000592. The van der Waals surface area contributed by atoms with Gasteiger partial charge < -0.3 is 47.6 Å². The second kappa shape index (κ2) is 16.1. The molecular weight excluding hydrogens is 572 g/mol. The summed E-state index contributed by atoms with van der Waals surface area (Å²) in [4.78, 5) is 64.9. The van der Waals surface area contributed by atoms with Crippen LogP contribution in [0.1, 0.15) is 29.6 Å². The van der Waals surface area contributed by atoms with Crippen LogP contribution in [-0.2, 0) is 14.4 Å². The van der Waals surface area contributed by atoms with Gasteiger partial charge in [-0.25, -0.2) is 4.79 Å². The van der Waals surface area contributed by atoms with Crippen molar-refractivity contribution < 1.29 is 34.5 Å². The summed E-state index contributed by atoms with van der Waals surface area (Å²) >= 11 is 1.60. The van der Waals surface area contributed by atoms with Crippen LogP contribution in [0.25, 0.3) is 0 Å². The normalized spacial score (nSPS) is 15.1. The number of aromatic amines is 1. The van der Waals surface area contributed by atoms with Crippen molar-refractivity contribution in [3.05, 3.63) is 40.2 Å². The van der Waals surface area contributed by atoms with Gasteiger partial charge >= 0.3 is 17.9 Å². The fourth-order valence-electron chi connectivity index (χ4n) is 3.79. The van der Waals surface area contributed by atoms with Crippen molar-refractivity contribution in [3.8, 4) is 0 Å². The molecule has 42 heavy (non-hydrogen) atoms. The summed E-state index contributed by atoms with van der Waals surface area (Å²) in [6, 6.07) is 4.35. The number of fused-ring (bicyclic) bond motifs is 1. The molecule has 3 rings (SSSR count). The van der Waals surface area contributed by atoms with E-state index in [2.05, 4.69) is 25.9 Å². The summed E-state index contributed by atoms with van der Waals surface area (Å²) in [6.45, 7) is 1.01. The number of nitrogen functional groups attached to an aromatic ring is 1. The van der Waals surface area contributed by atoms with Gasteiger partial charge in [-0.1, -0.05) is 0 Å². The molecule has 1 aromatic carbocycles. The number of aromatic nitrogens is 2. The fraction of sp³-hybridized carbons (Fsp3) is 0.440. The van der Waals surface area contributed by atoms with Crippen LogP contribution in [0.5, 0.6) is 0 Å². The van der Waals surface area contributed by atoms with Crippen LogP contribution in [0, 0.1) is 0 Å². The largest absolute Gasteiger partial charge is 0.481 e. The second-order valence-electron chi connectivity index (χ2n) is 9.28. The second-order valence-corrected chi connectivity index (χ2v) is 10.3. The fourth-order valence-corrected chi connectivity index (χ4v) is 4.28. The number of H-pyrrole nitrogens is 1. The van der Waals surface area contributed by atoms with Crippen molar-refractivity contribution in [3.63, 3.8) is 0 Å². The molecule has 0 saturated heterocycles. The lowest BCUT2D eigenvalue weighted by atomic mass is 10.1. The molecule has 1 unspecified atom stereocenters. The molecule has 1 aliphatic heterocycles. The highest BCUT2D eigenvalue weighted by Crippen LogP contribution is 2.25. The van der Waals surface area contributed by atoms with Crippen LogP contribution in [0.15, 0.2) is 29.1 Å². The molecule has 0 aliphatic carbocycles. The number of carbonyl (C=O) groups excluding carboxylic acids is 1. The van der Waals surface area contributed by atoms with E-state index in [9.17, 15) is 29.1 Å². The minimum Gasteiger partial charge on any atom is -0.481 e. The Bertz CT molecular complexity index is 1310. The predicted octanol–water partition coefficient (Wildman–Crippen LogP) is -0.106. The van der Waals surface area contributed by atoms with Crippen LogP contribution < -0.4 is 37.9 Å². The maximum atomic E-state index is 12.3. The number of nitrogens with zero attached hydrogens (tertiary/aromatic N) is 2. The van der Waals surface area contributed by atoms with Crippen LogP contribution in [0.2, 0.25) is 0 Å². The quantitative estimate of drug-likeness (QED) is 0.144. The summed E-state index contributed by atoms with van der Waals surface area (Å²) in [5, 5.41) is 34.8. The van der Waals surface area contributed by atoms with E-state index in [1.54, 1.807) is 30.9 Å². The first-order chi connectivity index (χ1) is 19.8. The van der Waals surface area contributed by atoms with Gasteiger partial charge in [0.25, 0.3) is 11.5 Å². The summed E-state index contributed by atoms with van der Waals surface area (Å²) in [7, 11) is 1.79. The van der Waals surface area contributed by atoms with Crippen molar-refractivity contribution >= 4 is 58.7 Å². The third kappa shape index (κ3) is 10.2. The Kier molecular flexibility index (Phi) is 12.9. The topological polar surface area (TPSA) is 266 Å². The number of amides is 1. The number of aliphatic carboxylic acids is 3. The molecular formula is C25H36N8O8S. The molecule has 0 saturated carbocycles. The first-order valence-electron chi connectivity index (χ1n) is 12.8. The maximum Gasteiger partial charge on any atom is 0.326 e. The van der Waals surface area contributed by atoms with Gasteiger partial charge in [0, 0.05) is 37.8 Å². The Morgan fingerprint density at radius 1 is 1.14 bits per heavy atom. The number of carboxylic acids is 3. The van der Waals surface area contributed by atoms with Gasteiger partial charge in [0.15, 0.2) is 5.82 Å². The lowest BCUT2D eigenvalue weighted by molar-refractivity contribution is -0.141. The maximum absolute atomic E-state index is 12.3. The van der Waals surface area contributed by atoms with Crippen LogP contribution in [-0.4, -0.2) is 99.4 Å². The number of anilines is 4. The predicted molar refractivity (Wildman–Crippen MR) is 159 cm³/mol. The minimum absolute atomic E-state index is 0.0388. The van der Waals surface area contributed by atoms with Crippen molar-refractivity contribution in [2.45, 2.75) is 37.4 Å². The van der Waals surface area contributed by atoms with Crippen molar-refractivity contribution in [2.75, 3.05) is 53.4 Å². The van der Waals surface area contributed by atoms with Gasteiger partial charge in [-0.15, -0.1) is 0 Å². The summed E-state index contributed by atoms with van der Waals surface area (Å²) in [5.41, 5.74) is 11.8. The van der Waals surface area contributed by atoms with E-state index in [0.717, 1.165) is 11.4 Å². The molecule has 1 amide bonds. The lowest BCUT2D eigenvalue weighted by Crippen LogP contribution is -2.48. The molecule has 11 N–H and O–H groups in total.